The van der Waals surface area contributed by atoms with Crippen molar-refractivity contribution in [1.82, 2.24) is 14.8 Å². The molecular weight excluding hydrogens is 256 g/mol. The molecule has 0 saturated heterocycles. The lowest BCUT2D eigenvalue weighted by Crippen LogP contribution is -2.15. The van der Waals surface area contributed by atoms with Gasteiger partial charge in [-0.3, -0.25) is 14.7 Å². The third-order valence-electron chi connectivity index (χ3n) is 3.11. The average molecular weight is 274 g/mol. The van der Waals surface area contributed by atoms with Gasteiger partial charge in [0.25, 0.3) is 5.91 Å². The molecule has 1 amide bonds. The number of ketones is 1. The summed E-state index contributed by atoms with van der Waals surface area (Å²) >= 11 is 0. The Balaban J connectivity index is 2.17. The zero-order valence-corrected chi connectivity index (χ0v) is 12.0. The topological polar surface area (TPSA) is 79.8 Å². The van der Waals surface area contributed by atoms with Crippen LogP contribution in [0.1, 0.15) is 53.2 Å². The standard InChI is InChI=1S/C14H18N4O2/c1-8(2)11-6-13(17-16-11)15-14(20)12-5-10(9(3)19)7-18(12)4/h5-8H,1-4H3,(H2,15,16,17,20). The highest BCUT2D eigenvalue weighted by molar-refractivity contribution is 6.05. The molecule has 2 N–H and O–H groups in total. The van der Waals surface area contributed by atoms with Gasteiger partial charge in [0.2, 0.25) is 0 Å². The zero-order valence-electron chi connectivity index (χ0n) is 12.0. The maximum atomic E-state index is 12.2. The van der Waals surface area contributed by atoms with Crippen molar-refractivity contribution in [2.24, 2.45) is 7.05 Å². The van der Waals surface area contributed by atoms with Crippen LogP contribution in [0.3, 0.4) is 0 Å². The zero-order chi connectivity index (χ0) is 14.9. The largest absolute Gasteiger partial charge is 0.346 e. The fraction of sp³-hybridized carbons (Fsp3) is 0.357. The number of carbonyl (C=O) groups excluding carboxylic acids is 2. The van der Waals surface area contributed by atoms with Gasteiger partial charge in [-0.25, -0.2) is 0 Å². The highest BCUT2D eigenvalue weighted by Crippen LogP contribution is 2.16. The second-order valence-electron chi connectivity index (χ2n) is 5.10. The number of hydrogen-bond donors (Lipinski definition) is 2. The molecule has 6 heteroatoms. The van der Waals surface area contributed by atoms with Crippen molar-refractivity contribution in [1.29, 1.82) is 0 Å². The van der Waals surface area contributed by atoms with Crippen LogP contribution in [0.25, 0.3) is 0 Å². The van der Waals surface area contributed by atoms with Crippen LogP contribution in [0.4, 0.5) is 5.82 Å². The Hall–Kier alpha value is -2.37. The van der Waals surface area contributed by atoms with Gasteiger partial charge in [0.1, 0.15) is 5.69 Å². The second kappa shape index (κ2) is 5.32. The molecule has 0 unspecified atom stereocenters. The molecule has 0 radical (unpaired) electrons. The molecule has 2 rings (SSSR count). The summed E-state index contributed by atoms with van der Waals surface area (Å²) in [5.41, 5.74) is 1.89. The molecule has 2 heterocycles. The van der Waals surface area contributed by atoms with E-state index in [-0.39, 0.29) is 11.7 Å². The number of hydrogen-bond acceptors (Lipinski definition) is 3. The van der Waals surface area contributed by atoms with Crippen molar-refractivity contribution in [3.05, 3.63) is 35.3 Å². The predicted molar refractivity (Wildman–Crippen MR) is 76.0 cm³/mol. The number of amides is 1. The Morgan fingerprint density at radius 3 is 2.55 bits per heavy atom. The minimum atomic E-state index is -0.290. The first-order valence-electron chi connectivity index (χ1n) is 6.42. The number of nitrogens with zero attached hydrogens (tertiary/aromatic N) is 2. The quantitative estimate of drug-likeness (QED) is 0.840. The lowest BCUT2D eigenvalue weighted by Gasteiger charge is -2.02. The monoisotopic (exact) mass is 274 g/mol. The number of anilines is 1. The van der Waals surface area contributed by atoms with Crippen molar-refractivity contribution in [3.8, 4) is 0 Å². The van der Waals surface area contributed by atoms with E-state index in [1.165, 1.54) is 6.92 Å². The molecule has 2 aromatic rings. The predicted octanol–water partition coefficient (Wildman–Crippen LogP) is 2.33. The van der Waals surface area contributed by atoms with Gasteiger partial charge in [-0.2, -0.15) is 5.10 Å². The third-order valence-corrected chi connectivity index (χ3v) is 3.11. The molecule has 0 aromatic carbocycles. The summed E-state index contributed by atoms with van der Waals surface area (Å²) in [6.45, 7) is 5.55. The van der Waals surface area contributed by atoms with Crippen LogP contribution in [-0.4, -0.2) is 26.5 Å². The molecular formula is C14H18N4O2. The molecule has 20 heavy (non-hydrogen) atoms. The van der Waals surface area contributed by atoms with Crippen molar-refractivity contribution in [2.75, 3.05) is 5.32 Å². The molecule has 0 bridgehead atoms. The Kier molecular flexibility index (Phi) is 3.74. The normalized spacial score (nSPS) is 10.8. The number of rotatable bonds is 4. The van der Waals surface area contributed by atoms with Gasteiger partial charge < -0.3 is 9.88 Å². The average Bonchev–Trinajstić information content (AvgIpc) is 2.95. The first kappa shape index (κ1) is 14.0. The van der Waals surface area contributed by atoms with E-state index in [4.69, 9.17) is 0 Å². The Morgan fingerprint density at radius 1 is 1.35 bits per heavy atom. The van der Waals surface area contributed by atoms with Crippen molar-refractivity contribution >= 4 is 17.5 Å². The summed E-state index contributed by atoms with van der Waals surface area (Å²) in [6.07, 6.45) is 1.64. The Labute approximate surface area is 117 Å². The fourth-order valence-corrected chi connectivity index (χ4v) is 1.86. The first-order valence-corrected chi connectivity index (χ1v) is 6.42. The van der Waals surface area contributed by atoms with Gasteiger partial charge in [0, 0.05) is 30.6 Å². The number of aromatic amines is 1. The van der Waals surface area contributed by atoms with Crippen LogP contribution in [0.15, 0.2) is 18.3 Å². The van der Waals surface area contributed by atoms with Crippen LogP contribution in [0.2, 0.25) is 0 Å². The number of H-pyrrole nitrogens is 1. The smallest absolute Gasteiger partial charge is 0.273 e. The summed E-state index contributed by atoms with van der Waals surface area (Å²) in [5, 5.41) is 9.63. The lowest BCUT2D eigenvalue weighted by atomic mass is 10.1. The second-order valence-corrected chi connectivity index (χ2v) is 5.10. The van der Waals surface area contributed by atoms with Crippen LogP contribution < -0.4 is 5.32 Å². The molecule has 0 atom stereocenters. The number of carbonyl (C=O) groups is 2. The minimum Gasteiger partial charge on any atom is -0.346 e. The molecule has 0 aliphatic rings. The number of aromatic nitrogens is 3. The maximum Gasteiger partial charge on any atom is 0.273 e. The number of nitrogens with one attached hydrogen (secondary N) is 2. The molecule has 2 aromatic heterocycles. The van der Waals surface area contributed by atoms with Gasteiger partial charge in [0.05, 0.1) is 0 Å². The summed E-state index contributed by atoms with van der Waals surface area (Å²) in [5.74, 6) is 0.431. The summed E-state index contributed by atoms with van der Waals surface area (Å²) in [7, 11) is 1.73. The van der Waals surface area contributed by atoms with E-state index in [1.54, 1.807) is 29.9 Å². The van der Waals surface area contributed by atoms with Crippen LogP contribution in [-0.2, 0) is 7.05 Å². The van der Waals surface area contributed by atoms with Gasteiger partial charge in [-0.05, 0) is 18.9 Å². The van der Waals surface area contributed by atoms with Crippen LogP contribution >= 0.6 is 0 Å². The highest BCUT2D eigenvalue weighted by atomic mass is 16.2. The molecule has 0 saturated carbocycles. The lowest BCUT2D eigenvalue weighted by molar-refractivity contribution is 0.101. The van der Waals surface area contributed by atoms with Crippen molar-refractivity contribution in [2.45, 2.75) is 26.7 Å². The van der Waals surface area contributed by atoms with Crippen LogP contribution in [0, 0.1) is 0 Å². The number of aryl methyl sites for hydroxylation is 1. The van der Waals surface area contributed by atoms with E-state index in [9.17, 15) is 9.59 Å². The molecule has 106 valence electrons. The third kappa shape index (κ3) is 2.79. The van der Waals surface area contributed by atoms with E-state index >= 15 is 0 Å². The van der Waals surface area contributed by atoms with Gasteiger partial charge in [-0.15, -0.1) is 0 Å². The first-order chi connectivity index (χ1) is 9.38. The van der Waals surface area contributed by atoms with E-state index < -0.39 is 0 Å². The fourth-order valence-electron chi connectivity index (χ4n) is 1.86. The Morgan fingerprint density at radius 2 is 2.05 bits per heavy atom. The minimum absolute atomic E-state index is 0.0680. The van der Waals surface area contributed by atoms with E-state index in [0.29, 0.717) is 23.0 Å². The summed E-state index contributed by atoms with van der Waals surface area (Å²) < 4.78 is 1.63. The molecule has 0 aliphatic heterocycles. The molecule has 0 fully saturated rings. The molecule has 0 aliphatic carbocycles. The van der Waals surface area contributed by atoms with Gasteiger partial charge >= 0.3 is 0 Å². The number of Topliss-reactive ketones (excluding diaryl/α,β-unsaturated/α-hetero) is 1. The van der Waals surface area contributed by atoms with Gasteiger partial charge in [0.15, 0.2) is 11.6 Å². The SMILES string of the molecule is CC(=O)c1cc(C(=O)Nc2cc(C(C)C)[nH]n2)n(C)c1. The van der Waals surface area contributed by atoms with E-state index in [1.807, 2.05) is 13.8 Å². The Bertz CT molecular complexity index is 652. The summed E-state index contributed by atoms with van der Waals surface area (Å²) in [6, 6.07) is 3.38. The molecule has 0 spiro atoms. The van der Waals surface area contributed by atoms with E-state index in [0.717, 1.165) is 5.69 Å². The summed E-state index contributed by atoms with van der Waals surface area (Å²) in [4.78, 5) is 23.5. The van der Waals surface area contributed by atoms with Gasteiger partial charge in [-0.1, -0.05) is 13.8 Å². The van der Waals surface area contributed by atoms with Crippen molar-refractivity contribution in [3.63, 3.8) is 0 Å². The van der Waals surface area contributed by atoms with E-state index in [2.05, 4.69) is 15.5 Å². The van der Waals surface area contributed by atoms with Crippen molar-refractivity contribution < 1.29 is 9.59 Å². The molecule has 6 nitrogen and oxygen atoms in total. The van der Waals surface area contributed by atoms with Crippen LogP contribution in [0.5, 0.6) is 0 Å². The maximum absolute atomic E-state index is 12.2. The highest BCUT2D eigenvalue weighted by Gasteiger charge is 2.15.